The molecule has 1 amide bonds. The summed E-state index contributed by atoms with van der Waals surface area (Å²) in [6.45, 7) is 3.52. The van der Waals surface area contributed by atoms with Crippen molar-refractivity contribution in [3.8, 4) is 11.5 Å². The van der Waals surface area contributed by atoms with E-state index in [1.807, 2.05) is 0 Å². The maximum Gasteiger partial charge on any atom is 0.217 e. The number of hydrogen-bond acceptors (Lipinski definition) is 5. The second-order valence-corrected chi connectivity index (χ2v) is 7.91. The molecule has 0 saturated carbocycles. The second kappa shape index (κ2) is 15.0. The van der Waals surface area contributed by atoms with Gasteiger partial charge in [0.05, 0.1) is 7.11 Å². The summed E-state index contributed by atoms with van der Waals surface area (Å²) in [6.07, 6.45) is 5.66. The molecule has 0 radical (unpaired) electrons. The minimum absolute atomic E-state index is 0. The van der Waals surface area contributed by atoms with Crippen molar-refractivity contribution in [1.82, 2.24) is 4.90 Å². The van der Waals surface area contributed by atoms with Gasteiger partial charge in [0, 0.05) is 18.4 Å². The van der Waals surface area contributed by atoms with E-state index in [1.54, 1.807) is 37.4 Å². The quantitative estimate of drug-likeness (QED) is 0.524. The number of phenols is 1. The summed E-state index contributed by atoms with van der Waals surface area (Å²) in [7, 11) is 1.57. The van der Waals surface area contributed by atoms with Gasteiger partial charge < -0.3 is 26.0 Å². The van der Waals surface area contributed by atoms with E-state index in [0.29, 0.717) is 24.2 Å². The van der Waals surface area contributed by atoms with E-state index in [-0.39, 0.29) is 29.3 Å². The first-order valence-electron chi connectivity index (χ1n) is 11.0. The van der Waals surface area contributed by atoms with Crippen LogP contribution in [0, 0.1) is 5.82 Å². The molecule has 1 saturated heterocycles. The molecule has 0 atom stereocenters. The molecule has 7 nitrogen and oxygen atoms in total. The smallest absolute Gasteiger partial charge is 0.217 e. The Balaban J connectivity index is 0.000000320. The summed E-state index contributed by atoms with van der Waals surface area (Å²) in [6, 6.07) is 11.6. The number of ether oxygens (including phenoxy) is 1. The van der Waals surface area contributed by atoms with Crippen LogP contribution in [0.25, 0.3) is 0 Å². The minimum Gasteiger partial charge on any atom is -0.505 e. The van der Waals surface area contributed by atoms with Gasteiger partial charge in [0.2, 0.25) is 5.91 Å². The average Bonchev–Trinajstić information content (AvgIpc) is 3.30. The molecule has 0 spiro atoms. The van der Waals surface area contributed by atoms with Crippen LogP contribution in [0.4, 0.5) is 4.39 Å². The molecule has 0 aromatic heterocycles. The van der Waals surface area contributed by atoms with Crippen LogP contribution in [-0.2, 0) is 11.2 Å². The first kappa shape index (κ1) is 28.1. The lowest BCUT2D eigenvalue weighted by Gasteiger charge is -2.13. The van der Waals surface area contributed by atoms with Crippen molar-refractivity contribution in [3.63, 3.8) is 0 Å². The molecule has 2 aromatic rings. The molecule has 0 aliphatic carbocycles. The Morgan fingerprint density at radius 1 is 1.06 bits per heavy atom. The number of primary amides is 1. The maximum absolute atomic E-state index is 13.0. The molecule has 1 fully saturated rings. The van der Waals surface area contributed by atoms with Gasteiger partial charge in [-0.05, 0) is 93.7 Å². The lowest BCUT2D eigenvalue weighted by Crippen LogP contribution is -2.20. The summed E-state index contributed by atoms with van der Waals surface area (Å²) in [5.74, 6) is -0.415. The normalized spacial score (nSPS) is 12.9. The summed E-state index contributed by atoms with van der Waals surface area (Å²) in [5.41, 5.74) is 6.59. The van der Waals surface area contributed by atoms with Gasteiger partial charge in [-0.15, -0.1) is 0 Å². The van der Waals surface area contributed by atoms with Crippen LogP contribution in [0.2, 0.25) is 0 Å². The molecule has 5 N–H and O–H groups in total. The fourth-order valence-corrected chi connectivity index (χ4v) is 3.56. The van der Waals surface area contributed by atoms with Crippen LogP contribution in [0.1, 0.15) is 54.4 Å². The zero-order valence-corrected chi connectivity index (χ0v) is 19.2. The van der Waals surface area contributed by atoms with Crippen molar-refractivity contribution in [2.45, 2.75) is 44.9 Å². The fourth-order valence-electron chi connectivity index (χ4n) is 3.56. The lowest BCUT2D eigenvalue weighted by molar-refractivity contribution is -0.118. The first-order valence-corrected chi connectivity index (χ1v) is 11.0. The van der Waals surface area contributed by atoms with Gasteiger partial charge in [0.1, 0.15) is 5.75 Å². The molecule has 2 aromatic carbocycles. The Morgan fingerprint density at radius 2 is 1.73 bits per heavy atom. The standard InChI is InChI=1S/C13H18FNO.C12H15NO3.H2O/c14-12-10-11(5-6-13(12)16)4-3-9-15-7-1-2-8-15;1-16-10-7-5-9(6-8-10)11(14)3-2-4-12(13)15;/h5-6,10,16H,1-4,7-9H2;5-8H,2-4H2,1H3,(H2,13,15);1H2. The van der Waals surface area contributed by atoms with E-state index in [0.717, 1.165) is 24.9 Å². The number of Topliss-reactive ketones (excluding diaryl/α,β-unsaturated/α-hetero) is 1. The molecule has 8 heteroatoms. The number of likely N-dealkylation sites (tertiary alicyclic amines) is 1. The molecule has 1 heterocycles. The molecule has 33 heavy (non-hydrogen) atoms. The van der Waals surface area contributed by atoms with Crippen LogP contribution in [-0.4, -0.2) is 53.9 Å². The van der Waals surface area contributed by atoms with Crippen LogP contribution in [0.15, 0.2) is 42.5 Å². The van der Waals surface area contributed by atoms with E-state index in [9.17, 15) is 14.0 Å². The topological polar surface area (TPSA) is 124 Å². The predicted octanol–water partition coefficient (Wildman–Crippen LogP) is 3.27. The molecule has 3 rings (SSSR count). The summed E-state index contributed by atoms with van der Waals surface area (Å²) >= 11 is 0. The van der Waals surface area contributed by atoms with Crippen LogP contribution in [0.5, 0.6) is 11.5 Å². The number of phenolic OH excluding ortho intramolecular Hbond substituents is 1. The third-order valence-electron chi connectivity index (χ3n) is 5.39. The van der Waals surface area contributed by atoms with Crippen molar-refractivity contribution in [2.75, 3.05) is 26.7 Å². The Kier molecular flexibility index (Phi) is 12.7. The number of aromatic hydroxyl groups is 1. The van der Waals surface area contributed by atoms with Crippen molar-refractivity contribution in [3.05, 3.63) is 59.4 Å². The number of carbonyl (C=O) groups excluding carboxylic acids is 2. The number of amides is 1. The zero-order chi connectivity index (χ0) is 23.3. The SMILES string of the molecule is COc1ccc(C(=O)CCCC(N)=O)cc1.O.Oc1ccc(CCCN2CCCC2)cc1F. The number of nitrogens with two attached hydrogens (primary N) is 1. The van der Waals surface area contributed by atoms with Crippen molar-refractivity contribution in [2.24, 2.45) is 5.73 Å². The average molecular weight is 463 g/mol. The van der Waals surface area contributed by atoms with Gasteiger partial charge in [-0.3, -0.25) is 9.59 Å². The molecular weight excluding hydrogens is 427 g/mol. The summed E-state index contributed by atoms with van der Waals surface area (Å²) in [4.78, 5) is 24.6. The number of rotatable bonds is 10. The van der Waals surface area contributed by atoms with Crippen LogP contribution >= 0.6 is 0 Å². The third-order valence-corrected chi connectivity index (χ3v) is 5.39. The highest BCUT2D eigenvalue weighted by atomic mass is 19.1. The van der Waals surface area contributed by atoms with Gasteiger partial charge in [0.25, 0.3) is 0 Å². The van der Waals surface area contributed by atoms with Gasteiger partial charge in [0.15, 0.2) is 17.3 Å². The van der Waals surface area contributed by atoms with Crippen LogP contribution in [0.3, 0.4) is 0 Å². The second-order valence-electron chi connectivity index (χ2n) is 7.91. The monoisotopic (exact) mass is 462 g/mol. The third kappa shape index (κ3) is 10.5. The molecule has 182 valence electrons. The van der Waals surface area contributed by atoms with Crippen molar-refractivity contribution >= 4 is 11.7 Å². The summed E-state index contributed by atoms with van der Waals surface area (Å²) < 4.78 is 18.0. The lowest BCUT2D eigenvalue weighted by atomic mass is 10.1. The molecular formula is C25H35FN2O5. The first-order chi connectivity index (χ1) is 15.4. The maximum atomic E-state index is 13.0. The number of halogens is 1. The van der Waals surface area contributed by atoms with Gasteiger partial charge in [-0.1, -0.05) is 6.07 Å². The predicted molar refractivity (Wildman–Crippen MR) is 126 cm³/mol. The Morgan fingerprint density at radius 3 is 2.30 bits per heavy atom. The highest BCUT2D eigenvalue weighted by molar-refractivity contribution is 5.96. The van der Waals surface area contributed by atoms with E-state index >= 15 is 0 Å². The number of methoxy groups -OCH3 is 1. The Labute approximate surface area is 194 Å². The van der Waals surface area contributed by atoms with E-state index in [2.05, 4.69) is 4.90 Å². The van der Waals surface area contributed by atoms with E-state index < -0.39 is 5.82 Å². The highest BCUT2D eigenvalue weighted by Gasteiger charge is 2.10. The number of aryl methyl sites for hydroxylation is 1. The highest BCUT2D eigenvalue weighted by Crippen LogP contribution is 2.18. The zero-order valence-electron chi connectivity index (χ0n) is 19.2. The Hall–Kier alpha value is -2.97. The number of benzene rings is 2. The fraction of sp³-hybridized carbons (Fsp3) is 0.440. The Bertz CT molecular complexity index is 868. The molecule has 1 aliphatic rings. The van der Waals surface area contributed by atoms with E-state index in [1.165, 1.54) is 38.1 Å². The van der Waals surface area contributed by atoms with Crippen molar-refractivity contribution in [1.29, 1.82) is 0 Å². The van der Waals surface area contributed by atoms with Gasteiger partial charge >= 0.3 is 0 Å². The number of hydrogen-bond donors (Lipinski definition) is 2. The summed E-state index contributed by atoms with van der Waals surface area (Å²) in [5, 5.41) is 9.06. The number of nitrogens with zero attached hydrogens (tertiary/aromatic N) is 1. The minimum atomic E-state index is -0.515. The number of ketones is 1. The molecule has 1 aliphatic heterocycles. The molecule has 0 bridgehead atoms. The van der Waals surface area contributed by atoms with Crippen molar-refractivity contribution < 1.29 is 29.3 Å². The number of carbonyl (C=O) groups is 2. The molecule has 0 unspecified atom stereocenters. The largest absolute Gasteiger partial charge is 0.505 e. The van der Waals surface area contributed by atoms with Crippen LogP contribution < -0.4 is 10.5 Å². The van der Waals surface area contributed by atoms with Gasteiger partial charge in [-0.2, -0.15) is 0 Å². The van der Waals surface area contributed by atoms with Gasteiger partial charge in [-0.25, -0.2) is 4.39 Å². The van der Waals surface area contributed by atoms with E-state index in [4.69, 9.17) is 15.6 Å².